The lowest BCUT2D eigenvalue weighted by Gasteiger charge is -2.25. The Hall–Kier alpha value is -1.18. The van der Waals surface area contributed by atoms with Crippen molar-refractivity contribution in [3.05, 3.63) is 23.2 Å². The minimum absolute atomic E-state index is 0.0254. The molecule has 5 nitrogen and oxygen atoms in total. The number of carboxylic acids is 1. The average molecular weight is 438 g/mol. The summed E-state index contributed by atoms with van der Waals surface area (Å²) in [6.45, 7) is 1.93. The quantitative estimate of drug-likeness (QED) is 0.387. The van der Waals surface area contributed by atoms with Crippen LogP contribution in [0.1, 0.15) is 75.2 Å². The highest BCUT2D eigenvalue weighted by atomic mass is 32.2. The highest BCUT2D eigenvalue weighted by molar-refractivity contribution is 8.01. The second-order valence-electron chi connectivity index (χ2n) is 8.70. The van der Waals surface area contributed by atoms with Crippen LogP contribution < -0.4 is 0 Å². The highest BCUT2D eigenvalue weighted by Crippen LogP contribution is 2.36. The monoisotopic (exact) mass is 437 g/mol. The lowest BCUT2D eigenvalue weighted by atomic mass is 9.87. The van der Waals surface area contributed by atoms with Gasteiger partial charge in [-0.15, -0.1) is 11.3 Å². The first-order valence-corrected chi connectivity index (χ1v) is 12.4. The molecule has 2 saturated carbocycles. The van der Waals surface area contributed by atoms with Gasteiger partial charge in [0.05, 0.1) is 5.60 Å². The Morgan fingerprint density at radius 3 is 2.83 bits per heavy atom. The minimum atomic E-state index is -1.01. The Bertz CT molecular complexity index is 737. The van der Waals surface area contributed by atoms with E-state index in [9.17, 15) is 14.7 Å². The Morgan fingerprint density at radius 1 is 1.38 bits per heavy atom. The molecule has 3 rings (SSSR count). The van der Waals surface area contributed by atoms with Gasteiger partial charge in [-0.1, -0.05) is 49.6 Å². The van der Waals surface area contributed by atoms with Gasteiger partial charge in [0, 0.05) is 23.5 Å². The van der Waals surface area contributed by atoms with Crippen LogP contribution in [0.5, 0.6) is 0 Å². The van der Waals surface area contributed by atoms with Crippen LogP contribution in [0.3, 0.4) is 0 Å². The molecule has 1 aromatic heterocycles. The summed E-state index contributed by atoms with van der Waals surface area (Å²) in [5.41, 5.74) is -0.577. The molecule has 3 unspecified atom stereocenters. The Labute approximate surface area is 181 Å². The number of carboxylic acid groups (broad SMARTS) is 1. The standard InChI is InChI=1S/C22H31NO4S2/c1-22(27,13-15-5-2-3-6-15)11-4-7-16-8-9-19(24)17(16)10-12-28-21-23-18(14-29-21)20(25)26/h4,7,14-17,27H,2-3,5-6,8-13H2,1H3,(H,25,26). The summed E-state index contributed by atoms with van der Waals surface area (Å²) in [6.07, 6.45) is 13.1. The number of thioether (sulfide) groups is 1. The van der Waals surface area contributed by atoms with Crippen molar-refractivity contribution in [1.29, 1.82) is 0 Å². The number of ketones is 1. The van der Waals surface area contributed by atoms with Crippen molar-refractivity contribution in [3.63, 3.8) is 0 Å². The lowest BCUT2D eigenvalue weighted by Crippen LogP contribution is -2.26. The molecule has 2 N–H and O–H groups in total. The fraction of sp³-hybridized carbons (Fsp3) is 0.682. The van der Waals surface area contributed by atoms with Crippen molar-refractivity contribution in [2.75, 3.05) is 5.75 Å². The van der Waals surface area contributed by atoms with Crippen LogP contribution in [0.4, 0.5) is 0 Å². The topological polar surface area (TPSA) is 87.5 Å². The highest BCUT2D eigenvalue weighted by Gasteiger charge is 2.33. The van der Waals surface area contributed by atoms with E-state index in [1.165, 1.54) is 48.8 Å². The summed E-state index contributed by atoms with van der Waals surface area (Å²) in [4.78, 5) is 27.3. The van der Waals surface area contributed by atoms with E-state index in [1.807, 2.05) is 6.92 Å². The van der Waals surface area contributed by atoms with E-state index >= 15 is 0 Å². The van der Waals surface area contributed by atoms with Crippen molar-refractivity contribution < 1.29 is 19.8 Å². The molecule has 0 bridgehead atoms. The maximum atomic E-state index is 12.3. The van der Waals surface area contributed by atoms with E-state index in [4.69, 9.17) is 5.11 Å². The van der Waals surface area contributed by atoms with E-state index in [0.717, 1.165) is 29.4 Å². The molecule has 7 heteroatoms. The third kappa shape index (κ3) is 6.66. The van der Waals surface area contributed by atoms with Crippen LogP contribution in [0, 0.1) is 17.8 Å². The predicted octanol–water partition coefficient (Wildman–Crippen LogP) is 5.20. The maximum absolute atomic E-state index is 12.3. The van der Waals surface area contributed by atoms with Gasteiger partial charge in [-0.05, 0) is 44.4 Å². The molecule has 0 aliphatic heterocycles. The number of aliphatic hydroxyl groups is 1. The molecule has 2 fully saturated rings. The lowest BCUT2D eigenvalue weighted by molar-refractivity contribution is -0.121. The molecule has 1 aromatic rings. The molecule has 160 valence electrons. The van der Waals surface area contributed by atoms with Crippen LogP contribution in [0.2, 0.25) is 0 Å². The molecule has 1 heterocycles. The number of allylic oxidation sites excluding steroid dienone is 1. The number of nitrogens with zero attached hydrogens (tertiary/aromatic N) is 1. The third-order valence-electron chi connectivity index (χ3n) is 6.16. The summed E-state index contributed by atoms with van der Waals surface area (Å²) >= 11 is 2.86. The first kappa shape index (κ1) is 22.5. The number of Topliss-reactive ketones (excluding diaryl/α,β-unsaturated/α-hetero) is 1. The van der Waals surface area contributed by atoms with Crippen molar-refractivity contribution >= 4 is 34.9 Å². The van der Waals surface area contributed by atoms with Gasteiger partial charge in [-0.3, -0.25) is 4.79 Å². The number of hydrogen-bond donors (Lipinski definition) is 2. The summed E-state index contributed by atoms with van der Waals surface area (Å²) in [5, 5.41) is 21.2. The molecule has 2 aliphatic carbocycles. The Kier molecular flexibility index (Phi) is 7.93. The fourth-order valence-electron chi connectivity index (χ4n) is 4.65. The van der Waals surface area contributed by atoms with Gasteiger partial charge in [0.25, 0.3) is 0 Å². The molecule has 2 aliphatic rings. The second-order valence-corrected chi connectivity index (χ2v) is 10.9. The molecule has 3 atom stereocenters. The zero-order chi connectivity index (χ0) is 20.9. The third-order valence-corrected chi connectivity index (χ3v) is 8.21. The molecule has 0 spiro atoms. The van der Waals surface area contributed by atoms with E-state index in [0.29, 0.717) is 24.5 Å². The van der Waals surface area contributed by atoms with Crippen molar-refractivity contribution in [2.24, 2.45) is 17.8 Å². The van der Waals surface area contributed by atoms with Crippen molar-refractivity contribution in [3.8, 4) is 0 Å². The van der Waals surface area contributed by atoms with E-state index in [-0.39, 0.29) is 17.5 Å². The first-order chi connectivity index (χ1) is 13.8. The summed E-state index contributed by atoms with van der Waals surface area (Å²) < 4.78 is 0.739. The maximum Gasteiger partial charge on any atom is 0.355 e. The number of thiazole rings is 1. The summed E-state index contributed by atoms with van der Waals surface area (Å²) in [5.74, 6) is 1.00. The number of aromatic nitrogens is 1. The molecule has 0 radical (unpaired) electrons. The van der Waals surface area contributed by atoms with Gasteiger partial charge in [-0.25, -0.2) is 9.78 Å². The fourth-order valence-corrected chi connectivity index (χ4v) is 6.54. The summed E-state index contributed by atoms with van der Waals surface area (Å²) in [7, 11) is 0. The van der Waals surface area contributed by atoms with E-state index < -0.39 is 11.6 Å². The van der Waals surface area contributed by atoms with Gasteiger partial charge in [0.15, 0.2) is 10.0 Å². The number of carbonyl (C=O) groups is 2. The SMILES string of the molecule is CC(O)(CC=CC1CCC(=O)C1CCSc1nc(C(=O)O)cs1)CC1CCCC1. The average Bonchev–Trinajstić information content (AvgIpc) is 3.39. The van der Waals surface area contributed by atoms with Crippen molar-refractivity contribution in [2.45, 2.75) is 74.7 Å². The number of carbonyl (C=O) groups excluding carboxylic acids is 1. The van der Waals surface area contributed by atoms with Crippen LogP contribution >= 0.6 is 23.1 Å². The van der Waals surface area contributed by atoms with Gasteiger partial charge in [0.2, 0.25) is 0 Å². The molecule has 0 saturated heterocycles. The normalized spacial score (nSPS) is 25.1. The van der Waals surface area contributed by atoms with Gasteiger partial charge in [0.1, 0.15) is 5.78 Å². The van der Waals surface area contributed by atoms with Crippen LogP contribution in [0.25, 0.3) is 0 Å². The zero-order valence-electron chi connectivity index (χ0n) is 17.0. The minimum Gasteiger partial charge on any atom is -0.476 e. The second kappa shape index (κ2) is 10.2. The van der Waals surface area contributed by atoms with Crippen LogP contribution in [-0.4, -0.2) is 38.3 Å². The Balaban J connectivity index is 1.46. The molecule has 0 amide bonds. The smallest absolute Gasteiger partial charge is 0.355 e. The largest absolute Gasteiger partial charge is 0.476 e. The van der Waals surface area contributed by atoms with E-state index in [2.05, 4.69) is 17.1 Å². The molecule has 0 aromatic carbocycles. The van der Waals surface area contributed by atoms with Gasteiger partial charge in [-0.2, -0.15) is 0 Å². The van der Waals surface area contributed by atoms with E-state index in [1.54, 1.807) is 5.38 Å². The van der Waals surface area contributed by atoms with Crippen LogP contribution in [0.15, 0.2) is 21.9 Å². The Morgan fingerprint density at radius 2 is 2.14 bits per heavy atom. The van der Waals surface area contributed by atoms with Crippen LogP contribution in [-0.2, 0) is 4.79 Å². The molecular weight excluding hydrogens is 406 g/mol. The predicted molar refractivity (Wildman–Crippen MR) is 117 cm³/mol. The van der Waals surface area contributed by atoms with Gasteiger partial charge >= 0.3 is 5.97 Å². The van der Waals surface area contributed by atoms with Gasteiger partial charge < -0.3 is 10.2 Å². The zero-order valence-corrected chi connectivity index (χ0v) is 18.6. The number of aromatic carboxylic acids is 1. The number of rotatable bonds is 10. The van der Waals surface area contributed by atoms with Crippen molar-refractivity contribution in [1.82, 2.24) is 4.98 Å². The summed E-state index contributed by atoms with van der Waals surface area (Å²) in [6, 6.07) is 0. The molecular formula is C22H31NO4S2. The first-order valence-electron chi connectivity index (χ1n) is 10.6. The molecule has 29 heavy (non-hydrogen) atoms. The number of hydrogen-bond acceptors (Lipinski definition) is 6.